The van der Waals surface area contributed by atoms with E-state index in [0.717, 1.165) is 12.1 Å². The molecule has 0 radical (unpaired) electrons. The summed E-state index contributed by atoms with van der Waals surface area (Å²) in [6.07, 6.45) is -3.04. The predicted octanol–water partition coefficient (Wildman–Crippen LogP) is 3.16. The number of nitrogens with zero attached hydrogens (tertiary/aromatic N) is 1. The van der Waals surface area contributed by atoms with Crippen molar-refractivity contribution in [3.8, 4) is 6.07 Å². The van der Waals surface area contributed by atoms with Crippen LogP contribution in [0.25, 0.3) is 0 Å². The Bertz CT molecular complexity index is 581. The molecule has 0 aliphatic heterocycles. The van der Waals surface area contributed by atoms with Crippen LogP contribution in [-0.2, 0) is 14.9 Å². The third kappa shape index (κ3) is 3.06. The molecule has 0 saturated heterocycles. The van der Waals surface area contributed by atoms with Gasteiger partial charge in [-0.3, -0.25) is 0 Å². The van der Waals surface area contributed by atoms with Crippen LogP contribution in [0.4, 0.5) is 8.78 Å². The molecule has 0 amide bonds. The van der Waals surface area contributed by atoms with Crippen LogP contribution < -0.4 is 0 Å². The summed E-state index contributed by atoms with van der Waals surface area (Å²) >= 11 is 5.45. The molecule has 0 fully saturated rings. The number of hydrogen-bond acceptors (Lipinski definition) is 3. The van der Waals surface area contributed by atoms with E-state index in [2.05, 4.69) is 0 Å². The fourth-order valence-corrected chi connectivity index (χ4v) is 2.66. The smallest absolute Gasteiger partial charge is 0.207 e. The van der Waals surface area contributed by atoms with Gasteiger partial charge in [-0.15, -0.1) is 11.6 Å². The van der Waals surface area contributed by atoms with Crippen LogP contribution in [0.3, 0.4) is 0 Å². The van der Waals surface area contributed by atoms with Crippen LogP contribution in [0.5, 0.6) is 0 Å². The van der Waals surface area contributed by atoms with Gasteiger partial charge in [0.2, 0.25) is 0 Å². The van der Waals surface area contributed by atoms with Gasteiger partial charge in [0.05, 0.1) is 16.5 Å². The monoisotopic (exact) mass is 299 g/mol. The highest BCUT2D eigenvalue weighted by molar-refractivity contribution is 8.13. The lowest BCUT2D eigenvalue weighted by molar-refractivity contribution is 0.147. The average Bonchev–Trinajstić information content (AvgIpc) is 2.25. The topological polar surface area (TPSA) is 57.9 Å². The zero-order valence-electron chi connectivity index (χ0n) is 8.12. The van der Waals surface area contributed by atoms with Gasteiger partial charge in [0.25, 0.3) is 15.5 Å². The predicted molar refractivity (Wildman–Crippen MR) is 58.7 cm³/mol. The summed E-state index contributed by atoms with van der Waals surface area (Å²) in [5.74, 6) is -0.339. The maximum atomic E-state index is 12.8. The van der Waals surface area contributed by atoms with Crippen molar-refractivity contribution >= 4 is 31.3 Å². The van der Waals surface area contributed by atoms with Gasteiger partial charge in [-0.05, 0) is 17.7 Å². The third-order valence-electron chi connectivity index (χ3n) is 1.98. The molecule has 8 heteroatoms. The average molecular weight is 300 g/mol. The fourth-order valence-electron chi connectivity index (χ4n) is 1.31. The Morgan fingerprint density at radius 3 is 2.35 bits per heavy atom. The largest absolute Gasteiger partial charge is 0.265 e. The summed E-state index contributed by atoms with van der Waals surface area (Å²) in [6, 6.07) is 3.57. The van der Waals surface area contributed by atoms with Crippen molar-refractivity contribution in [2.24, 2.45) is 0 Å². The second-order valence-electron chi connectivity index (χ2n) is 3.03. The van der Waals surface area contributed by atoms with E-state index in [4.69, 9.17) is 27.5 Å². The summed E-state index contributed by atoms with van der Waals surface area (Å²) in [6.45, 7) is 0. The number of alkyl halides is 3. The molecule has 92 valence electrons. The zero-order valence-corrected chi connectivity index (χ0v) is 10.5. The number of nitriles is 1. The molecule has 1 rings (SSSR count). The molecule has 0 saturated carbocycles. The quantitative estimate of drug-likeness (QED) is 0.636. The van der Waals surface area contributed by atoms with E-state index in [0.29, 0.717) is 0 Å². The summed E-state index contributed by atoms with van der Waals surface area (Å²) in [4.78, 5) is -0.774. The fraction of sp³-hybridized carbons (Fsp3) is 0.222. The van der Waals surface area contributed by atoms with E-state index in [9.17, 15) is 17.2 Å². The van der Waals surface area contributed by atoms with Crippen molar-refractivity contribution in [1.29, 1.82) is 5.26 Å². The van der Waals surface area contributed by atoms with E-state index in [1.165, 1.54) is 0 Å². The van der Waals surface area contributed by atoms with Crippen molar-refractivity contribution < 1.29 is 17.2 Å². The molecule has 3 nitrogen and oxygen atoms in total. The minimum atomic E-state index is -4.36. The van der Waals surface area contributed by atoms with E-state index in [-0.39, 0.29) is 17.0 Å². The molecule has 0 aliphatic carbocycles. The second kappa shape index (κ2) is 5.17. The molecule has 1 aromatic carbocycles. The lowest BCUT2D eigenvalue weighted by Crippen LogP contribution is -2.04. The molecule has 0 unspecified atom stereocenters. The van der Waals surface area contributed by atoms with Gasteiger partial charge in [0.1, 0.15) is 0 Å². The molecule has 0 aromatic heterocycles. The maximum absolute atomic E-state index is 12.8. The van der Waals surface area contributed by atoms with Crippen LogP contribution in [0.2, 0.25) is 0 Å². The van der Waals surface area contributed by atoms with E-state index < -0.39 is 25.9 Å². The van der Waals surface area contributed by atoms with Gasteiger partial charge in [-0.25, -0.2) is 17.2 Å². The van der Waals surface area contributed by atoms with Crippen LogP contribution in [0.1, 0.15) is 23.1 Å². The molecule has 0 spiro atoms. The van der Waals surface area contributed by atoms with Gasteiger partial charge in [-0.1, -0.05) is 0 Å². The third-order valence-corrected chi connectivity index (χ3v) is 3.63. The van der Waals surface area contributed by atoms with E-state index in [1.807, 2.05) is 0 Å². The molecular formula is C9H5Cl2F2NO2S. The first kappa shape index (κ1) is 14.2. The Morgan fingerprint density at radius 1 is 1.41 bits per heavy atom. The molecular weight excluding hydrogens is 295 g/mol. The highest BCUT2D eigenvalue weighted by atomic mass is 35.7. The number of benzene rings is 1. The second-order valence-corrected chi connectivity index (χ2v) is 5.83. The summed E-state index contributed by atoms with van der Waals surface area (Å²) in [5, 5.41) is 8.66. The van der Waals surface area contributed by atoms with Crippen LogP contribution in [0, 0.1) is 11.3 Å². The maximum Gasteiger partial charge on any atom is 0.265 e. The molecule has 0 heterocycles. The Hall–Kier alpha value is -0.900. The van der Waals surface area contributed by atoms with Gasteiger partial charge < -0.3 is 0 Å². The van der Waals surface area contributed by atoms with Crippen LogP contribution >= 0.6 is 22.3 Å². The lowest BCUT2D eigenvalue weighted by atomic mass is 10.1. The van der Waals surface area contributed by atoms with Crippen molar-refractivity contribution in [2.45, 2.75) is 17.2 Å². The summed E-state index contributed by atoms with van der Waals surface area (Å²) in [7, 11) is 0.691. The van der Waals surface area contributed by atoms with Gasteiger partial charge >= 0.3 is 0 Å². The number of hydrogen-bond donors (Lipinski definition) is 0. The summed E-state index contributed by atoms with van der Waals surface area (Å²) in [5.41, 5.74) is -0.974. The Labute approximate surface area is 106 Å². The Kier molecular flexibility index (Phi) is 4.31. The minimum absolute atomic E-state index is 0.0933. The molecule has 0 aliphatic rings. The molecule has 0 atom stereocenters. The van der Waals surface area contributed by atoms with E-state index in [1.54, 1.807) is 6.07 Å². The van der Waals surface area contributed by atoms with Crippen molar-refractivity contribution in [3.63, 3.8) is 0 Å². The Balaban J connectivity index is 3.72. The first-order chi connectivity index (χ1) is 7.81. The SMILES string of the molecule is N#Cc1cc(CCl)c(C(F)F)c(S(=O)(=O)Cl)c1. The highest BCUT2D eigenvalue weighted by Crippen LogP contribution is 2.33. The van der Waals surface area contributed by atoms with Crippen LogP contribution in [-0.4, -0.2) is 8.42 Å². The molecule has 17 heavy (non-hydrogen) atoms. The van der Waals surface area contributed by atoms with Crippen molar-refractivity contribution in [1.82, 2.24) is 0 Å². The van der Waals surface area contributed by atoms with Gasteiger partial charge in [0.15, 0.2) is 0 Å². The minimum Gasteiger partial charge on any atom is -0.207 e. The first-order valence-corrected chi connectivity index (χ1v) is 7.01. The first-order valence-electron chi connectivity index (χ1n) is 4.17. The molecule has 0 N–H and O–H groups in total. The van der Waals surface area contributed by atoms with E-state index >= 15 is 0 Å². The summed E-state index contributed by atoms with van der Waals surface area (Å²) < 4.78 is 47.9. The normalized spacial score (nSPS) is 11.5. The van der Waals surface area contributed by atoms with Crippen molar-refractivity contribution in [2.75, 3.05) is 0 Å². The molecule has 0 bridgehead atoms. The standard InChI is InChI=1S/C9H5Cl2F2NO2S/c10-3-6-1-5(4-14)2-7(17(11,15)16)8(6)9(12)13/h1-2,9H,3H2. The van der Waals surface area contributed by atoms with Crippen LogP contribution in [0.15, 0.2) is 17.0 Å². The molecule has 1 aromatic rings. The Morgan fingerprint density at radius 2 is 2.00 bits per heavy atom. The van der Waals surface area contributed by atoms with Gasteiger partial charge in [-0.2, -0.15) is 5.26 Å². The van der Waals surface area contributed by atoms with Crippen molar-refractivity contribution in [3.05, 3.63) is 28.8 Å². The number of rotatable bonds is 3. The van der Waals surface area contributed by atoms with Gasteiger partial charge in [0, 0.05) is 22.1 Å². The highest BCUT2D eigenvalue weighted by Gasteiger charge is 2.25. The zero-order chi connectivity index (χ0) is 13.2. The number of halogens is 4. The lowest BCUT2D eigenvalue weighted by Gasteiger charge is -2.11.